The number of hydrogen-bond donors (Lipinski definition) is 0. The summed E-state index contributed by atoms with van der Waals surface area (Å²) in [6.45, 7) is 2.07. The van der Waals surface area contributed by atoms with Crippen LogP contribution >= 0.6 is 11.3 Å². The minimum absolute atomic E-state index is 0.673. The van der Waals surface area contributed by atoms with E-state index in [1.54, 1.807) is 16.1 Å². The zero-order chi connectivity index (χ0) is 11.7. The Labute approximate surface area is 103 Å². The van der Waals surface area contributed by atoms with Crippen LogP contribution in [0, 0.1) is 6.92 Å². The van der Waals surface area contributed by atoms with Crippen LogP contribution in [0.25, 0.3) is 16.4 Å². The van der Waals surface area contributed by atoms with Gasteiger partial charge < -0.3 is 0 Å². The topological polar surface area (TPSA) is 43.6 Å². The first-order chi connectivity index (χ1) is 8.33. The van der Waals surface area contributed by atoms with Gasteiger partial charge in [0.25, 0.3) is 0 Å². The van der Waals surface area contributed by atoms with E-state index in [2.05, 4.69) is 28.4 Å². The van der Waals surface area contributed by atoms with E-state index in [0.717, 1.165) is 10.6 Å². The van der Waals surface area contributed by atoms with Gasteiger partial charge in [-0.3, -0.25) is 0 Å². The summed E-state index contributed by atoms with van der Waals surface area (Å²) in [6, 6.07) is 13.8. The van der Waals surface area contributed by atoms with Crippen LogP contribution in [0.2, 0.25) is 0 Å². The monoisotopic (exact) mass is 242 g/mol. The van der Waals surface area contributed by atoms with Gasteiger partial charge in [0, 0.05) is 4.88 Å². The first-order valence-electron chi connectivity index (χ1n) is 5.25. The number of aromatic nitrogens is 4. The van der Waals surface area contributed by atoms with Crippen molar-refractivity contribution in [3.8, 4) is 16.4 Å². The molecule has 0 aliphatic carbocycles. The lowest BCUT2D eigenvalue weighted by Gasteiger charge is -1.95. The first-order valence-corrected chi connectivity index (χ1v) is 6.07. The molecule has 5 heteroatoms. The average molecular weight is 242 g/mol. The molecule has 0 fully saturated rings. The molecule has 4 nitrogen and oxygen atoms in total. The fraction of sp³-hybridized carbons (Fsp3) is 0.0833. The molecule has 3 aromatic rings. The summed E-state index contributed by atoms with van der Waals surface area (Å²) in [4.78, 5) is 3.84. The molecule has 0 bridgehead atoms. The summed E-state index contributed by atoms with van der Waals surface area (Å²) in [5, 5.41) is 12.5. The van der Waals surface area contributed by atoms with E-state index in [9.17, 15) is 0 Å². The molecule has 0 radical (unpaired) electrons. The zero-order valence-corrected chi connectivity index (χ0v) is 10.1. The van der Waals surface area contributed by atoms with Crippen LogP contribution in [-0.2, 0) is 0 Å². The number of thiophene rings is 1. The zero-order valence-electron chi connectivity index (χ0n) is 9.24. The number of rotatable bonds is 2. The van der Waals surface area contributed by atoms with E-state index in [1.807, 2.05) is 36.4 Å². The van der Waals surface area contributed by atoms with E-state index >= 15 is 0 Å². The Hall–Kier alpha value is -2.01. The van der Waals surface area contributed by atoms with Crippen molar-refractivity contribution >= 4 is 11.3 Å². The van der Waals surface area contributed by atoms with Gasteiger partial charge in [-0.25, -0.2) is 0 Å². The first kappa shape index (κ1) is 10.2. The highest BCUT2D eigenvalue weighted by atomic mass is 32.1. The van der Waals surface area contributed by atoms with Crippen LogP contribution in [-0.4, -0.2) is 20.2 Å². The highest BCUT2D eigenvalue weighted by Crippen LogP contribution is 2.24. The highest BCUT2D eigenvalue weighted by molar-refractivity contribution is 7.15. The van der Waals surface area contributed by atoms with Gasteiger partial charge in [0.05, 0.1) is 10.6 Å². The molecule has 0 aliphatic heterocycles. The maximum Gasteiger partial charge on any atom is 0.215 e. The second-order valence-corrected chi connectivity index (χ2v) is 4.94. The van der Waals surface area contributed by atoms with Crippen molar-refractivity contribution in [3.05, 3.63) is 47.3 Å². The molecule has 0 N–H and O–H groups in total. The van der Waals surface area contributed by atoms with Gasteiger partial charge >= 0.3 is 0 Å². The Morgan fingerprint density at radius 1 is 1.06 bits per heavy atom. The third-order valence-corrected chi connectivity index (χ3v) is 3.36. The van der Waals surface area contributed by atoms with E-state index < -0.39 is 0 Å². The van der Waals surface area contributed by atoms with Crippen LogP contribution in [0.1, 0.15) is 4.88 Å². The molecular formula is C12H10N4S. The molecule has 0 spiro atoms. The fourth-order valence-electron chi connectivity index (χ4n) is 1.54. The largest absolute Gasteiger partial charge is 0.215 e. The standard InChI is InChI=1S/C12H10N4S/c1-9-7-8-11(17-9)12-13-15-16(14-12)10-5-3-2-4-6-10/h2-8H,1H3. The quantitative estimate of drug-likeness (QED) is 0.694. The highest BCUT2D eigenvalue weighted by Gasteiger charge is 2.08. The lowest BCUT2D eigenvalue weighted by Crippen LogP contribution is -1.97. The molecule has 2 aromatic heterocycles. The maximum atomic E-state index is 4.37. The van der Waals surface area contributed by atoms with Gasteiger partial charge in [0.15, 0.2) is 0 Å². The van der Waals surface area contributed by atoms with Crippen molar-refractivity contribution in [1.82, 2.24) is 20.2 Å². The number of para-hydroxylation sites is 1. The Balaban J connectivity index is 1.99. The van der Waals surface area contributed by atoms with Crippen LogP contribution in [0.4, 0.5) is 0 Å². The molecule has 0 saturated carbocycles. The summed E-state index contributed by atoms with van der Waals surface area (Å²) in [7, 11) is 0. The lowest BCUT2D eigenvalue weighted by atomic mass is 10.3. The Morgan fingerprint density at radius 3 is 2.59 bits per heavy atom. The van der Waals surface area contributed by atoms with Crippen LogP contribution in [0.5, 0.6) is 0 Å². The van der Waals surface area contributed by atoms with Gasteiger partial charge in [0.2, 0.25) is 5.82 Å². The van der Waals surface area contributed by atoms with Crippen LogP contribution < -0.4 is 0 Å². The SMILES string of the molecule is Cc1ccc(-c2nnn(-c3ccccc3)n2)s1. The van der Waals surface area contributed by atoms with Crippen molar-refractivity contribution in [2.45, 2.75) is 6.92 Å². The Kier molecular flexibility index (Phi) is 2.45. The molecule has 0 saturated heterocycles. The Bertz CT molecular complexity index is 627. The van der Waals surface area contributed by atoms with Crippen molar-refractivity contribution < 1.29 is 0 Å². The minimum atomic E-state index is 0.673. The molecule has 2 heterocycles. The third kappa shape index (κ3) is 1.97. The third-order valence-electron chi connectivity index (χ3n) is 2.36. The average Bonchev–Trinajstić information content (AvgIpc) is 2.98. The van der Waals surface area contributed by atoms with E-state index in [1.165, 1.54) is 4.88 Å². The Morgan fingerprint density at radius 2 is 1.88 bits per heavy atom. The molecule has 0 unspecified atom stereocenters. The number of hydrogen-bond acceptors (Lipinski definition) is 4. The second-order valence-electron chi connectivity index (χ2n) is 3.65. The number of aryl methyl sites for hydroxylation is 1. The van der Waals surface area contributed by atoms with Gasteiger partial charge in [-0.05, 0) is 36.4 Å². The smallest absolute Gasteiger partial charge is 0.137 e. The van der Waals surface area contributed by atoms with Crippen molar-refractivity contribution in [2.24, 2.45) is 0 Å². The summed E-state index contributed by atoms with van der Waals surface area (Å²) < 4.78 is 0. The van der Waals surface area contributed by atoms with Gasteiger partial charge in [-0.15, -0.1) is 26.3 Å². The summed E-state index contributed by atoms with van der Waals surface area (Å²) in [5.41, 5.74) is 0.916. The fourth-order valence-corrected chi connectivity index (χ4v) is 2.33. The number of benzene rings is 1. The van der Waals surface area contributed by atoms with Crippen LogP contribution in [0.15, 0.2) is 42.5 Å². The molecule has 84 valence electrons. The molecule has 3 rings (SSSR count). The predicted molar refractivity (Wildman–Crippen MR) is 67.2 cm³/mol. The van der Waals surface area contributed by atoms with Crippen LogP contribution in [0.3, 0.4) is 0 Å². The van der Waals surface area contributed by atoms with E-state index in [0.29, 0.717) is 5.82 Å². The number of nitrogens with zero attached hydrogens (tertiary/aromatic N) is 4. The summed E-state index contributed by atoms with van der Waals surface area (Å²) in [5.74, 6) is 0.673. The maximum absolute atomic E-state index is 4.37. The van der Waals surface area contributed by atoms with Crippen molar-refractivity contribution in [1.29, 1.82) is 0 Å². The molecule has 0 atom stereocenters. The van der Waals surface area contributed by atoms with Crippen molar-refractivity contribution in [2.75, 3.05) is 0 Å². The summed E-state index contributed by atoms with van der Waals surface area (Å²) >= 11 is 1.67. The van der Waals surface area contributed by atoms with Gasteiger partial charge in [-0.1, -0.05) is 18.2 Å². The van der Waals surface area contributed by atoms with Gasteiger partial charge in [-0.2, -0.15) is 0 Å². The second kappa shape index (κ2) is 4.10. The lowest BCUT2D eigenvalue weighted by molar-refractivity contribution is 0.720. The van der Waals surface area contributed by atoms with E-state index in [-0.39, 0.29) is 0 Å². The minimum Gasteiger partial charge on any atom is -0.137 e. The molecular weight excluding hydrogens is 232 g/mol. The summed E-state index contributed by atoms with van der Waals surface area (Å²) in [6.07, 6.45) is 0. The van der Waals surface area contributed by atoms with E-state index in [4.69, 9.17) is 0 Å². The normalized spacial score (nSPS) is 10.6. The van der Waals surface area contributed by atoms with Gasteiger partial charge in [0.1, 0.15) is 0 Å². The molecule has 1 aromatic carbocycles. The van der Waals surface area contributed by atoms with Crippen molar-refractivity contribution in [3.63, 3.8) is 0 Å². The molecule has 0 aliphatic rings. The molecule has 17 heavy (non-hydrogen) atoms. The molecule has 0 amide bonds. The number of tetrazole rings is 1. The predicted octanol–water partition coefficient (Wildman–Crippen LogP) is 2.70.